The van der Waals surface area contributed by atoms with Gasteiger partial charge in [0.1, 0.15) is 11.3 Å². The molecule has 1 aliphatic carbocycles. The Morgan fingerprint density at radius 1 is 1.29 bits per heavy atom. The van der Waals surface area contributed by atoms with Gasteiger partial charge in [0.25, 0.3) is 0 Å². The molecule has 0 aliphatic heterocycles. The Morgan fingerprint density at radius 3 is 2.76 bits per heavy atom. The van der Waals surface area contributed by atoms with Crippen molar-refractivity contribution in [2.75, 3.05) is 0 Å². The zero-order valence-corrected chi connectivity index (χ0v) is 13.6. The molecule has 1 heterocycles. The maximum Gasteiger partial charge on any atom is 0.134 e. The van der Waals surface area contributed by atoms with E-state index >= 15 is 0 Å². The molecule has 1 saturated carbocycles. The monoisotopic (exact) mass is 285 g/mol. The van der Waals surface area contributed by atoms with E-state index in [0.29, 0.717) is 11.5 Å². The van der Waals surface area contributed by atoms with Crippen LogP contribution < -0.4 is 5.32 Å². The molecule has 0 bridgehead atoms. The van der Waals surface area contributed by atoms with E-state index < -0.39 is 0 Å². The summed E-state index contributed by atoms with van der Waals surface area (Å²) in [5.74, 6) is 1.77. The number of rotatable bonds is 3. The van der Waals surface area contributed by atoms with Crippen LogP contribution in [-0.4, -0.2) is 6.04 Å². The average Bonchev–Trinajstić information content (AvgIpc) is 2.85. The van der Waals surface area contributed by atoms with E-state index in [1.165, 1.54) is 24.6 Å². The van der Waals surface area contributed by atoms with Crippen molar-refractivity contribution in [2.45, 2.75) is 59.0 Å². The van der Waals surface area contributed by atoms with Gasteiger partial charge in [-0.2, -0.15) is 0 Å². The van der Waals surface area contributed by atoms with Crippen LogP contribution in [0.1, 0.15) is 58.8 Å². The fourth-order valence-electron chi connectivity index (χ4n) is 3.81. The van der Waals surface area contributed by atoms with E-state index in [1.807, 2.05) is 12.1 Å². The van der Waals surface area contributed by atoms with Crippen molar-refractivity contribution in [3.8, 4) is 0 Å². The Kier molecular flexibility index (Phi) is 3.83. The molecule has 21 heavy (non-hydrogen) atoms. The van der Waals surface area contributed by atoms with Gasteiger partial charge in [-0.25, -0.2) is 0 Å². The van der Waals surface area contributed by atoms with Crippen LogP contribution in [0.3, 0.4) is 0 Å². The van der Waals surface area contributed by atoms with Crippen molar-refractivity contribution in [3.63, 3.8) is 0 Å². The summed E-state index contributed by atoms with van der Waals surface area (Å²) in [6.07, 6.45) is 3.87. The average molecular weight is 285 g/mol. The molecule has 3 unspecified atom stereocenters. The molecule has 1 aliphatic rings. The van der Waals surface area contributed by atoms with Crippen molar-refractivity contribution < 1.29 is 4.42 Å². The summed E-state index contributed by atoms with van der Waals surface area (Å²) in [6.45, 7) is 9.37. The highest BCUT2D eigenvalue weighted by Gasteiger charge is 2.33. The van der Waals surface area contributed by atoms with Gasteiger partial charge in [-0.1, -0.05) is 39.0 Å². The van der Waals surface area contributed by atoms with Gasteiger partial charge in [-0.05, 0) is 49.7 Å². The summed E-state index contributed by atoms with van der Waals surface area (Å²) < 4.78 is 5.99. The summed E-state index contributed by atoms with van der Waals surface area (Å²) in [7, 11) is 0. The first-order valence-electron chi connectivity index (χ1n) is 8.19. The number of nitrogens with one attached hydrogen (secondary N) is 1. The molecule has 0 amide bonds. The van der Waals surface area contributed by atoms with Crippen molar-refractivity contribution >= 4 is 11.0 Å². The molecule has 0 spiro atoms. The van der Waals surface area contributed by atoms with Crippen molar-refractivity contribution in [2.24, 2.45) is 11.3 Å². The van der Waals surface area contributed by atoms with Crippen LogP contribution in [0.4, 0.5) is 0 Å². The lowest BCUT2D eigenvalue weighted by Crippen LogP contribution is -2.42. The minimum Gasteiger partial charge on any atom is -0.459 e. The lowest BCUT2D eigenvalue weighted by atomic mass is 9.70. The van der Waals surface area contributed by atoms with Crippen LogP contribution in [0.2, 0.25) is 0 Å². The lowest BCUT2D eigenvalue weighted by Gasteiger charge is -2.40. The number of hydrogen-bond acceptors (Lipinski definition) is 2. The molecule has 1 N–H and O–H groups in total. The fourth-order valence-corrected chi connectivity index (χ4v) is 3.81. The van der Waals surface area contributed by atoms with Crippen LogP contribution in [0.25, 0.3) is 11.0 Å². The first kappa shape index (κ1) is 14.6. The summed E-state index contributed by atoms with van der Waals surface area (Å²) >= 11 is 0. The van der Waals surface area contributed by atoms with Crippen LogP contribution in [-0.2, 0) is 0 Å². The lowest BCUT2D eigenvalue weighted by molar-refractivity contribution is 0.140. The normalized spacial score (nSPS) is 26.9. The van der Waals surface area contributed by atoms with Gasteiger partial charge in [0.15, 0.2) is 0 Å². The van der Waals surface area contributed by atoms with Crippen LogP contribution >= 0.6 is 0 Å². The van der Waals surface area contributed by atoms with E-state index in [1.54, 1.807) is 0 Å². The molecule has 0 saturated heterocycles. The molecule has 3 atom stereocenters. The van der Waals surface area contributed by atoms with Gasteiger partial charge >= 0.3 is 0 Å². The molecule has 1 aromatic heterocycles. The Labute approximate surface area is 127 Å². The standard InChI is InChI=1S/C19H27NO/c1-13-12-19(3,4)10-9-16(13)20-14(2)18-11-15-7-5-6-8-17(15)21-18/h5-8,11,13-14,16,20H,9-10,12H2,1-4H3. The predicted octanol–water partition coefficient (Wildman–Crippen LogP) is 5.30. The Balaban J connectivity index is 1.70. The molecule has 3 rings (SSSR count). The Hall–Kier alpha value is -1.28. The third-order valence-corrected chi connectivity index (χ3v) is 5.03. The summed E-state index contributed by atoms with van der Waals surface area (Å²) in [5, 5.41) is 4.98. The highest BCUT2D eigenvalue weighted by Crippen LogP contribution is 2.39. The third-order valence-electron chi connectivity index (χ3n) is 5.03. The maximum atomic E-state index is 5.99. The molecule has 0 radical (unpaired) electrons. The zero-order chi connectivity index (χ0) is 15.0. The minimum absolute atomic E-state index is 0.270. The minimum atomic E-state index is 0.270. The number of fused-ring (bicyclic) bond motifs is 1. The van der Waals surface area contributed by atoms with Gasteiger partial charge in [-0.15, -0.1) is 0 Å². The topological polar surface area (TPSA) is 25.2 Å². The predicted molar refractivity (Wildman–Crippen MR) is 88.3 cm³/mol. The second-order valence-electron chi connectivity index (χ2n) is 7.57. The van der Waals surface area contributed by atoms with Crippen LogP contribution in [0, 0.1) is 11.3 Å². The summed E-state index contributed by atoms with van der Waals surface area (Å²) in [5.41, 5.74) is 1.49. The SMILES string of the molecule is CC(NC1CCC(C)(C)CC1C)c1cc2ccccc2o1. The number of furan rings is 1. The van der Waals surface area contributed by atoms with Crippen molar-refractivity contribution in [3.05, 3.63) is 36.1 Å². The van der Waals surface area contributed by atoms with Gasteiger partial charge in [0, 0.05) is 11.4 Å². The number of para-hydroxylation sites is 1. The molecule has 2 aromatic rings. The molecular weight excluding hydrogens is 258 g/mol. The third kappa shape index (κ3) is 3.16. The Bertz CT molecular complexity index is 580. The molecular formula is C19H27NO. The Morgan fingerprint density at radius 2 is 2.05 bits per heavy atom. The first-order chi connectivity index (χ1) is 9.94. The van der Waals surface area contributed by atoms with Gasteiger partial charge in [-0.3, -0.25) is 0 Å². The van der Waals surface area contributed by atoms with E-state index in [0.717, 1.165) is 17.3 Å². The van der Waals surface area contributed by atoms with E-state index in [9.17, 15) is 0 Å². The van der Waals surface area contributed by atoms with Crippen molar-refractivity contribution in [1.82, 2.24) is 5.32 Å². The second kappa shape index (κ2) is 5.49. The van der Waals surface area contributed by atoms with E-state index in [4.69, 9.17) is 4.42 Å². The van der Waals surface area contributed by atoms with E-state index in [2.05, 4.69) is 51.2 Å². The summed E-state index contributed by atoms with van der Waals surface area (Å²) in [4.78, 5) is 0. The van der Waals surface area contributed by atoms with Crippen molar-refractivity contribution in [1.29, 1.82) is 0 Å². The van der Waals surface area contributed by atoms with E-state index in [-0.39, 0.29) is 6.04 Å². The second-order valence-corrected chi connectivity index (χ2v) is 7.57. The highest BCUT2D eigenvalue weighted by molar-refractivity contribution is 5.77. The molecule has 2 nitrogen and oxygen atoms in total. The summed E-state index contributed by atoms with van der Waals surface area (Å²) in [6, 6.07) is 11.3. The van der Waals surface area contributed by atoms with Crippen LogP contribution in [0.5, 0.6) is 0 Å². The zero-order valence-electron chi connectivity index (χ0n) is 13.6. The first-order valence-corrected chi connectivity index (χ1v) is 8.19. The fraction of sp³-hybridized carbons (Fsp3) is 0.579. The molecule has 1 fully saturated rings. The van der Waals surface area contributed by atoms with Gasteiger partial charge < -0.3 is 9.73 Å². The number of benzene rings is 1. The maximum absolute atomic E-state index is 5.99. The molecule has 1 aromatic carbocycles. The quantitative estimate of drug-likeness (QED) is 0.828. The van der Waals surface area contributed by atoms with Crippen LogP contribution in [0.15, 0.2) is 34.7 Å². The molecule has 114 valence electrons. The largest absolute Gasteiger partial charge is 0.459 e. The highest BCUT2D eigenvalue weighted by atomic mass is 16.3. The van der Waals surface area contributed by atoms with Gasteiger partial charge in [0.05, 0.1) is 6.04 Å². The molecule has 2 heteroatoms. The van der Waals surface area contributed by atoms with Gasteiger partial charge in [0.2, 0.25) is 0 Å². The number of hydrogen-bond donors (Lipinski definition) is 1. The smallest absolute Gasteiger partial charge is 0.134 e.